The standard InChI is InChI=1S/C25H14BrCl2N3O5/c1-25(13-6-8-14(26)9-7-13,12-35-31-23(33)15-4-2-3-5-16(15)24(31)34)36-22-18(11-30)17(10-29)21(32)19(27)20(22)28/h2-9,32H,12H2,1H3. The first-order valence-electron chi connectivity index (χ1n) is 10.2. The number of imide groups is 1. The van der Waals surface area contributed by atoms with E-state index in [0.717, 1.165) is 4.47 Å². The molecular formula is C25H14BrCl2N3O5. The number of hydrogen-bond donors (Lipinski definition) is 1. The van der Waals surface area contributed by atoms with Gasteiger partial charge in [-0.05, 0) is 36.8 Å². The van der Waals surface area contributed by atoms with Gasteiger partial charge in [-0.3, -0.25) is 14.4 Å². The second kappa shape index (κ2) is 9.81. The molecule has 1 aliphatic rings. The van der Waals surface area contributed by atoms with E-state index in [1.54, 1.807) is 49.4 Å². The molecule has 180 valence electrons. The van der Waals surface area contributed by atoms with E-state index in [9.17, 15) is 25.2 Å². The lowest BCUT2D eigenvalue weighted by Crippen LogP contribution is -2.40. The average molecular weight is 587 g/mol. The van der Waals surface area contributed by atoms with Gasteiger partial charge in [0.2, 0.25) is 0 Å². The van der Waals surface area contributed by atoms with Crippen molar-refractivity contribution in [2.75, 3.05) is 6.61 Å². The van der Waals surface area contributed by atoms with Crippen LogP contribution < -0.4 is 4.74 Å². The molecule has 0 fully saturated rings. The minimum Gasteiger partial charge on any atom is -0.505 e. The summed E-state index contributed by atoms with van der Waals surface area (Å²) in [7, 11) is 0. The molecular weight excluding hydrogens is 573 g/mol. The van der Waals surface area contributed by atoms with Crippen molar-refractivity contribution >= 4 is 50.9 Å². The second-order valence-corrected chi connectivity index (χ2v) is 9.51. The molecule has 1 unspecified atom stereocenters. The number of halogens is 3. The van der Waals surface area contributed by atoms with E-state index in [1.807, 2.05) is 6.07 Å². The maximum absolute atomic E-state index is 12.8. The Balaban J connectivity index is 1.76. The van der Waals surface area contributed by atoms with Crippen LogP contribution in [0.1, 0.15) is 44.3 Å². The van der Waals surface area contributed by atoms with Gasteiger partial charge < -0.3 is 9.84 Å². The van der Waals surface area contributed by atoms with E-state index in [1.165, 1.54) is 12.1 Å². The van der Waals surface area contributed by atoms with Crippen LogP contribution in [0, 0.1) is 22.7 Å². The van der Waals surface area contributed by atoms with Crippen LogP contribution in [-0.2, 0) is 10.4 Å². The number of rotatable bonds is 6. The third-order valence-electron chi connectivity index (χ3n) is 5.55. The van der Waals surface area contributed by atoms with Gasteiger partial charge in [0, 0.05) is 4.47 Å². The molecule has 0 saturated heterocycles. The number of amides is 2. The molecule has 4 rings (SSSR count). The van der Waals surface area contributed by atoms with Crippen molar-refractivity contribution in [1.29, 1.82) is 10.5 Å². The molecule has 3 aromatic carbocycles. The fourth-order valence-corrected chi connectivity index (χ4v) is 4.31. The van der Waals surface area contributed by atoms with Crippen molar-refractivity contribution < 1.29 is 24.3 Å². The number of aromatic hydroxyl groups is 1. The summed E-state index contributed by atoms with van der Waals surface area (Å²) < 4.78 is 6.94. The zero-order valence-electron chi connectivity index (χ0n) is 18.4. The number of benzene rings is 3. The van der Waals surface area contributed by atoms with Crippen LogP contribution in [0.5, 0.6) is 11.5 Å². The van der Waals surface area contributed by atoms with Gasteiger partial charge in [-0.1, -0.05) is 63.4 Å². The molecule has 0 spiro atoms. The molecule has 1 atom stereocenters. The first kappa shape index (κ1) is 25.5. The Morgan fingerprint density at radius 2 is 1.53 bits per heavy atom. The predicted molar refractivity (Wildman–Crippen MR) is 133 cm³/mol. The van der Waals surface area contributed by atoms with Crippen LogP contribution in [0.2, 0.25) is 10.0 Å². The Morgan fingerprint density at radius 3 is 2.06 bits per heavy atom. The summed E-state index contributed by atoms with van der Waals surface area (Å²) in [5.74, 6) is -2.19. The molecule has 1 heterocycles. The molecule has 3 aromatic rings. The van der Waals surface area contributed by atoms with Gasteiger partial charge in [-0.25, -0.2) is 0 Å². The molecule has 36 heavy (non-hydrogen) atoms. The van der Waals surface area contributed by atoms with Crippen LogP contribution >= 0.6 is 39.1 Å². The van der Waals surface area contributed by atoms with Crippen molar-refractivity contribution in [2.24, 2.45) is 0 Å². The summed E-state index contributed by atoms with van der Waals surface area (Å²) in [5, 5.41) is 29.4. The van der Waals surface area contributed by atoms with Crippen molar-refractivity contribution in [3.05, 3.63) is 90.9 Å². The van der Waals surface area contributed by atoms with Gasteiger partial charge in [-0.2, -0.15) is 10.5 Å². The highest BCUT2D eigenvalue weighted by Crippen LogP contribution is 2.46. The number of fused-ring (bicyclic) bond motifs is 1. The molecule has 0 radical (unpaired) electrons. The molecule has 2 amide bonds. The molecule has 1 N–H and O–H groups in total. The van der Waals surface area contributed by atoms with Gasteiger partial charge in [0.1, 0.15) is 39.9 Å². The predicted octanol–water partition coefficient (Wildman–Crippen LogP) is 5.73. The highest BCUT2D eigenvalue weighted by Gasteiger charge is 2.40. The number of ether oxygens (including phenoxy) is 1. The number of hydroxylamine groups is 2. The number of nitrogens with zero attached hydrogens (tertiary/aromatic N) is 3. The summed E-state index contributed by atoms with van der Waals surface area (Å²) in [6, 6.07) is 16.7. The Bertz CT molecular complexity index is 1460. The normalized spacial score (nSPS) is 14.1. The van der Waals surface area contributed by atoms with E-state index < -0.39 is 28.7 Å². The quantitative estimate of drug-likeness (QED) is 0.366. The van der Waals surface area contributed by atoms with Crippen LogP contribution in [0.4, 0.5) is 0 Å². The maximum Gasteiger partial charge on any atom is 0.285 e. The number of nitriles is 2. The van der Waals surface area contributed by atoms with E-state index in [4.69, 9.17) is 32.8 Å². The second-order valence-electron chi connectivity index (χ2n) is 7.84. The van der Waals surface area contributed by atoms with Crippen LogP contribution in [-0.4, -0.2) is 28.6 Å². The van der Waals surface area contributed by atoms with Gasteiger partial charge in [0.15, 0.2) is 17.1 Å². The maximum atomic E-state index is 12.8. The molecule has 1 aliphatic heterocycles. The third-order valence-corrected chi connectivity index (χ3v) is 6.90. The van der Waals surface area contributed by atoms with Crippen molar-refractivity contribution in [3.63, 3.8) is 0 Å². The smallest absolute Gasteiger partial charge is 0.285 e. The lowest BCUT2D eigenvalue weighted by Gasteiger charge is -2.33. The summed E-state index contributed by atoms with van der Waals surface area (Å²) in [5.41, 5.74) is -1.29. The fourth-order valence-electron chi connectivity index (χ4n) is 3.64. The number of phenols is 1. The molecule has 0 bridgehead atoms. The highest BCUT2D eigenvalue weighted by molar-refractivity contribution is 9.10. The SMILES string of the molecule is CC(CON1C(=O)c2ccccc2C1=O)(Oc1c(Cl)c(Cl)c(O)c(C#N)c1C#N)c1ccc(Br)cc1. The zero-order valence-corrected chi connectivity index (χ0v) is 21.5. The van der Waals surface area contributed by atoms with E-state index in [-0.39, 0.29) is 39.1 Å². The Labute approximate surface area is 223 Å². The average Bonchev–Trinajstić information content (AvgIpc) is 3.12. The molecule has 0 aliphatic carbocycles. The number of carbonyl (C=O) groups excluding carboxylic acids is 2. The molecule has 0 saturated carbocycles. The number of phenolic OH excluding ortho intramolecular Hbond substituents is 1. The summed E-state index contributed by atoms with van der Waals surface area (Å²) in [4.78, 5) is 31.2. The van der Waals surface area contributed by atoms with Crippen molar-refractivity contribution in [2.45, 2.75) is 12.5 Å². The van der Waals surface area contributed by atoms with Crippen LogP contribution in [0.3, 0.4) is 0 Å². The Kier molecular flexibility index (Phi) is 6.94. The summed E-state index contributed by atoms with van der Waals surface area (Å²) >= 11 is 15.8. The van der Waals surface area contributed by atoms with E-state index in [2.05, 4.69) is 15.9 Å². The van der Waals surface area contributed by atoms with Gasteiger partial charge in [0.25, 0.3) is 11.8 Å². The lowest BCUT2D eigenvalue weighted by atomic mass is 9.96. The summed E-state index contributed by atoms with van der Waals surface area (Å²) in [6.45, 7) is 1.19. The minimum absolute atomic E-state index is 0.201. The zero-order chi connectivity index (χ0) is 26.2. The fraction of sp³-hybridized carbons (Fsp3) is 0.120. The first-order valence-corrected chi connectivity index (χ1v) is 11.8. The Hall–Kier alpha value is -3.60. The van der Waals surface area contributed by atoms with Gasteiger partial charge in [-0.15, -0.1) is 5.06 Å². The summed E-state index contributed by atoms with van der Waals surface area (Å²) in [6.07, 6.45) is 0. The van der Waals surface area contributed by atoms with Crippen LogP contribution in [0.25, 0.3) is 0 Å². The van der Waals surface area contributed by atoms with Gasteiger partial charge in [0.05, 0.1) is 11.1 Å². The number of hydrogen-bond acceptors (Lipinski definition) is 7. The minimum atomic E-state index is -1.46. The Morgan fingerprint density at radius 1 is 0.972 bits per heavy atom. The lowest BCUT2D eigenvalue weighted by molar-refractivity contribution is -0.137. The monoisotopic (exact) mass is 585 g/mol. The topological polar surface area (TPSA) is 124 Å². The molecule has 8 nitrogen and oxygen atoms in total. The van der Waals surface area contributed by atoms with Crippen molar-refractivity contribution in [1.82, 2.24) is 5.06 Å². The van der Waals surface area contributed by atoms with Gasteiger partial charge >= 0.3 is 0 Å². The van der Waals surface area contributed by atoms with E-state index in [0.29, 0.717) is 10.6 Å². The molecule has 0 aromatic heterocycles. The van der Waals surface area contributed by atoms with E-state index >= 15 is 0 Å². The first-order chi connectivity index (χ1) is 17.1. The largest absolute Gasteiger partial charge is 0.505 e. The third kappa shape index (κ3) is 4.27. The number of carbonyl (C=O) groups is 2. The highest BCUT2D eigenvalue weighted by atomic mass is 79.9. The molecule has 11 heteroatoms. The van der Waals surface area contributed by atoms with Crippen molar-refractivity contribution in [3.8, 4) is 23.6 Å². The van der Waals surface area contributed by atoms with Crippen LogP contribution in [0.15, 0.2) is 53.0 Å².